The van der Waals surface area contributed by atoms with Crippen LogP contribution in [0.2, 0.25) is 0 Å². The largest absolute Gasteiger partial charge is 0.495 e. The Hall–Kier alpha value is -1.07. The van der Waals surface area contributed by atoms with Crippen molar-refractivity contribution in [2.75, 3.05) is 18.5 Å². The molecule has 0 N–H and O–H groups in total. The molecule has 0 aliphatic carbocycles. The first-order chi connectivity index (χ1) is 9.27. The van der Waals surface area contributed by atoms with Crippen LogP contribution in [0, 0.1) is 0 Å². The molecule has 1 aliphatic rings. The van der Waals surface area contributed by atoms with E-state index in [1.165, 1.54) is 0 Å². The maximum atomic E-state index is 6.08. The molecule has 20 heavy (non-hydrogen) atoms. The van der Waals surface area contributed by atoms with E-state index in [0.29, 0.717) is 0 Å². The second-order valence-corrected chi connectivity index (χ2v) is 6.46. The van der Waals surface area contributed by atoms with Gasteiger partial charge in [-0.1, -0.05) is 6.92 Å². The molecule has 0 spiro atoms. The lowest BCUT2D eigenvalue weighted by Crippen LogP contribution is -2.41. The van der Waals surface area contributed by atoms with E-state index in [1.807, 2.05) is 12.3 Å². The van der Waals surface area contributed by atoms with Crippen molar-refractivity contribution >= 4 is 18.4 Å². The van der Waals surface area contributed by atoms with Crippen LogP contribution >= 0.6 is 0 Å². The third-order valence-corrected chi connectivity index (χ3v) is 4.25. The molecule has 0 unspecified atom stereocenters. The quantitative estimate of drug-likeness (QED) is 0.790. The molecule has 0 atom stereocenters. The van der Waals surface area contributed by atoms with Gasteiger partial charge in [-0.05, 0) is 51.7 Å². The Kier molecular flexibility index (Phi) is 4.12. The number of nitrogens with zero attached hydrogens (tertiary/aromatic N) is 2. The molecule has 1 fully saturated rings. The van der Waals surface area contributed by atoms with Gasteiger partial charge in [0.1, 0.15) is 5.82 Å². The van der Waals surface area contributed by atoms with Crippen LogP contribution in [0.4, 0.5) is 5.82 Å². The van der Waals surface area contributed by atoms with Gasteiger partial charge in [0.05, 0.1) is 11.2 Å². The van der Waals surface area contributed by atoms with E-state index in [2.05, 4.69) is 57.6 Å². The van der Waals surface area contributed by atoms with Crippen molar-refractivity contribution < 1.29 is 9.31 Å². The fourth-order valence-electron chi connectivity index (χ4n) is 2.22. The summed E-state index contributed by atoms with van der Waals surface area (Å²) in [6, 6.07) is 4.02. The fourth-order valence-corrected chi connectivity index (χ4v) is 2.22. The van der Waals surface area contributed by atoms with Crippen LogP contribution in [0.5, 0.6) is 0 Å². The number of hydrogen-bond donors (Lipinski definition) is 0. The lowest BCUT2D eigenvalue weighted by molar-refractivity contribution is 0.00578. The molecule has 1 aromatic rings. The van der Waals surface area contributed by atoms with Gasteiger partial charge < -0.3 is 14.2 Å². The molecule has 0 saturated carbocycles. The Labute approximate surface area is 122 Å². The normalized spacial score (nSPS) is 20.2. The van der Waals surface area contributed by atoms with Crippen molar-refractivity contribution in [2.45, 2.75) is 52.2 Å². The highest BCUT2D eigenvalue weighted by atomic mass is 16.7. The summed E-state index contributed by atoms with van der Waals surface area (Å²) in [6.07, 6.45) is 2.92. The van der Waals surface area contributed by atoms with Crippen LogP contribution in [-0.4, -0.2) is 36.9 Å². The van der Waals surface area contributed by atoms with Gasteiger partial charge in [0.15, 0.2) is 0 Å². The van der Waals surface area contributed by atoms with Gasteiger partial charge in [-0.3, -0.25) is 0 Å². The summed E-state index contributed by atoms with van der Waals surface area (Å²) in [4.78, 5) is 6.56. The summed E-state index contributed by atoms with van der Waals surface area (Å²) in [6.45, 7) is 11.4. The molecule has 4 nitrogen and oxygen atoms in total. The number of pyridine rings is 1. The first-order valence-electron chi connectivity index (χ1n) is 7.29. The molecule has 110 valence electrons. The highest BCUT2D eigenvalue weighted by Crippen LogP contribution is 2.36. The van der Waals surface area contributed by atoms with Gasteiger partial charge in [0, 0.05) is 19.8 Å². The Bertz CT molecular complexity index is 461. The van der Waals surface area contributed by atoms with Crippen molar-refractivity contribution in [3.05, 3.63) is 18.3 Å². The maximum Gasteiger partial charge on any atom is 0.495 e. The highest BCUT2D eigenvalue weighted by molar-refractivity contribution is 6.62. The smallest absolute Gasteiger partial charge is 0.399 e. The minimum atomic E-state index is -0.322. The summed E-state index contributed by atoms with van der Waals surface area (Å²) in [5, 5.41) is 0. The Morgan fingerprint density at radius 2 is 1.80 bits per heavy atom. The van der Waals surface area contributed by atoms with Gasteiger partial charge >= 0.3 is 7.12 Å². The molecular weight excluding hydrogens is 251 g/mol. The van der Waals surface area contributed by atoms with E-state index in [-0.39, 0.29) is 18.3 Å². The van der Waals surface area contributed by atoms with Crippen LogP contribution in [0.3, 0.4) is 0 Å². The second kappa shape index (κ2) is 5.37. The van der Waals surface area contributed by atoms with Gasteiger partial charge in [0.25, 0.3) is 0 Å². The third kappa shape index (κ3) is 2.84. The standard InChI is InChI=1S/C15H25BN2O2/c1-7-10-18(6)13-11-12(8-9-17-13)16-19-14(2,3)15(4,5)20-16/h8-9,11H,7,10H2,1-6H3. The number of aromatic nitrogens is 1. The lowest BCUT2D eigenvalue weighted by atomic mass is 9.79. The predicted molar refractivity (Wildman–Crippen MR) is 83.5 cm³/mol. The highest BCUT2D eigenvalue weighted by Gasteiger charge is 2.51. The monoisotopic (exact) mass is 276 g/mol. The van der Waals surface area contributed by atoms with Crippen molar-refractivity contribution in [3.8, 4) is 0 Å². The first-order valence-corrected chi connectivity index (χ1v) is 7.29. The Morgan fingerprint density at radius 3 is 2.35 bits per heavy atom. The zero-order valence-corrected chi connectivity index (χ0v) is 13.4. The Morgan fingerprint density at radius 1 is 1.20 bits per heavy atom. The minimum Gasteiger partial charge on any atom is -0.399 e. The number of rotatable bonds is 4. The summed E-state index contributed by atoms with van der Waals surface area (Å²) in [5.41, 5.74) is 0.406. The third-order valence-electron chi connectivity index (χ3n) is 4.25. The predicted octanol–water partition coefficient (Wildman–Crippen LogP) is 2.23. The molecule has 2 rings (SSSR count). The summed E-state index contributed by atoms with van der Waals surface area (Å²) in [5.74, 6) is 0.957. The minimum absolute atomic E-state index is 0.309. The van der Waals surface area contributed by atoms with Crippen molar-refractivity contribution in [2.24, 2.45) is 0 Å². The second-order valence-electron chi connectivity index (χ2n) is 6.46. The Balaban J connectivity index is 2.21. The van der Waals surface area contributed by atoms with Crippen molar-refractivity contribution in [1.82, 2.24) is 4.98 Å². The number of hydrogen-bond acceptors (Lipinski definition) is 4. The van der Waals surface area contributed by atoms with E-state index < -0.39 is 0 Å². The van der Waals surface area contributed by atoms with Crippen molar-refractivity contribution in [3.63, 3.8) is 0 Å². The molecule has 0 aromatic carbocycles. The molecule has 1 saturated heterocycles. The lowest BCUT2D eigenvalue weighted by Gasteiger charge is -2.32. The average molecular weight is 276 g/mol. The average Bonchev–Trinajstić information content (AvgIpc) is 2.59. The SMILES string of the molecule is CCCN(C)c1cc(B2OC(C)(C)C(C)(C)O2)ccn1. The molecule has 1 aromatic heterocycles. The van der Waals surface area contributed by atoms with Crippen LogP contribution < -0.4 is 10.4 Å². The van der Waals surface area contributed by atoms with E-state index >= 15 is 0 Å². The zero-order valence-electron chi connectivity index (χ0n) is 13.4. The van der Waals surface area contributed by atoms with Gasteiger partial charge in [-0.2, -0.15) is 0 Å². The van der Waals surface area contributed by atoms with Gasteiger partial charge in [0.2, 0.25) is 0 Å². The molecule has 1 aliphatic heterocycles. The van der Waals surface area contributed by atoms with E-state index in [4.69, 9.17) is 9.31 Å². The van der Waals surface area contributed by atoms with E-state index in [0.717, 1.165) is 24.2 Å². The van der Waals surface area contributed by atoms with Gasteiger partial charge in [-0.15, -0.1) is 0 Å². The number of anilines is 1. The van der Waals surface area contributed by atoms with E-state index in [1.54, 1.807) is 0 Å². The van der Waals surface area contributed by atoms with Crippen LogP contribution in [0.25, 0.3) is 0 Å². The summed E-state index contributed by atoms with van der Waals surface area (Å²) in [7, 11) is 1.73. The first kappa shape index (κ1) is 15.3. The van der Waals surface area contributed by atoms with Crippen molar-refractivity contribution in [1.29, 1.82) is 0 Å². The zero-order chi connectivity index (χ0) is 15.0. The summed E-state index contributed by atoms with van der Waals surface area (Å²) < 4.78 is 12.2. The van der Waals surface area contributed by atoms with Gasteiger partial charge in [-0.25, -0.2) is 4.98 Å². The van der Waals surface area contributed by atoms with E-state index in [9.17, 15) is 0 Å². The molecule has 5 heteroatoms. The molecule has 0 bridgehead atoms. The molecule has 0 radical (unpaired) electrons. The van der Waals surface area contributed by atoms with Crippen LogP contribution in [0.1, 0.15) is 41.0 Å². The van der Waals surface area contributed by atoms with Crippen LogP contribution in [0.15, 0.2) is 18.3 Å². The van der Waals surface area contributed by atoms with Crippen LogP contribution in [-0.2, 0) is 9.31 Å². The maximum absolute atomic E-state index is 6.08. The summed E-state index contributed by atoms with van der Waals surface area (Å²) >= 11 is 0. The molecular formula is C15H25BN2O2. The topological polar surface area (TPSA) is 34.6 Å². The molecule has 0 amide bonds. The molecule has 2 heterocycles. The fraction of sp³-hybridized carbons (Fsp3) is 0.667.